The van der Waals surface area contributed by atoms with Gasteiger partial charge in [0, 0.05) is 58.1 Å². The van der Waals surface area contributed by atoms with Crippen molar-refractivity contribution in [3.8, 4) is 11.5 Å². The average Bonchev–Trinajstić information content (AvgIpc) is 3.63. The van der Waals surface area contributed by atoms with Crippen molar-refractivity contribution in [1.29, 1.82) is 0 Å². The second kappa shape index (κ2) is 11.6. The zero-order valence-electron chi connectivity index (χ0n) is 24.0. The van der Waals surface area contributed by atoms with E-state index in [0.717, 1.165) is 84.0 Å². The first-order valence-corrected chi connectivity index (χ1v) is 18.2. The van der Waals surface area contributed by atoms with Crippen molar-refractivity contribution < 1.29 is 18.3 Å². The van der Waals surface area contributed by atoms with Crippen LogP contribution >= 0.6 is 0 Å². The standard InChI is InChI=1S/C30H38F2N6O2Si/c1-41(2,3)11-10-39-19-37-27-18-33-17-25(27)35-30(37)29-24-15-23(34-16-20-12-21(31)14-22(32)13-20)7-8-26(24)38(36-29)28-6-4-5-9-40-28/h7-8,12-15,28,33-34H,4-6,9-11,16-19H2,1-3H3. The maximum Gasteiger partial charge on any atom is 0.163 e. The Balaban J connectivity index is 1.37. The van der Waals surface area contributed by atoms with Crippen molar-refractivity contribution in [1.82, 2.24) is 24.6 Å². The van der Waals surface area contributed by atoms with Crippen LogP contribution in [0.25, 0.3) is 22.4 Å². The minimum absolute atomic E-state index is 0.140. The number of nitrogens with one attached hydrogen (secondary N) is 2. The number of aromatic nitrogens is 4. The first kappa shape index (κ1) is 28.0. The number of imidazole rings is 1. The SMILES string of the molecule is C[Si](C)(C)CCOCn1c(-c2nn(C3CCCCO3)c3ccc(NCc4cc(F)cc(F)c4)cc23)nc2c1CNC2. The number of hydrogen-bond donors (Lipinski definition) is 2. The van der Waals surface area contributed by atoms with Gasteiger partial charge < -0.3 is 24.7 Å². The Morgan fingerprint density at radius 2 is 1.93 bits per heavy atom. The molecule has 1 saturated heterocycles. The van der Waals surface area contributed by atoms with Crippen LogP contribution < -0.4 is 10.6 Å². The van der Waals surface area contributed by atoms with Crippen LogP contribution in [0.15, 0.2) is 36.4 Å². The van der Waals surface area contributed by atoms with Crippen molar-refractivity contribution >= 4 is 24.7 Å². The molecule has 2 aliphatic heterocycles. The summed E-state index contributed by atoms with van der Waals surface area (Å²) in [6.45, 7) is 10.6. The van der Waals surface area contributed by atoms with Crippen LogP contribution in [-0.4, -0.2) is 40.6 Å². The molecule has 0 amide bonds. The van der Waals surface area contributed by atoms with Crippen molar-refractivity contribution in [3.05, 3.63) is 65.0 Å². The molecule has 2 aliphatic rings. The highest BCUT2D eigenvalue weighted by molar-refractivity contribution is 6.76. The molecule has 8 nitrogen and oxygen atoms in total. The van der Waals surface area contributed by atoms with Crippen LogP contribution in [0.1, 0.15) is 42.4 Å². The topological polar surface area (TPSA) is 78.2 Å². The van der Waals surface area contributed by atoms with Gasteiger partial charge in [0.05, 0.1) is 16.9 Å². The molecular formula is C30H38F2N6O2Si. The average molecular weight is 581 g/mol. The second-order valence-electron chi connectivity index (χ2n) is 12.2. The Morgan fingerprint density at radius 1 is 1.10 bits per heavy atom. The van der Waals surface area contributed by atoms with Crippen LogP contribution in [0.5, 0.6) is 0 Å². The minimum Gasteiger partial charge on any atom is -0.381 e. The van der Waals surface area contributed by atoms with E-state index in [1.807, 2.05) is 22.9 Å². The molecule has 1 fully saturated rings. The highest BCUT2D eigenvalue weighted by Crippen LogP contribution is 2.35. The van der Waals surface area contributed by atoms with Gasteiger partial charge in [-0.2, -0.15) is 5.10 Å². The van der Waals surface area contributed by atoms with E-state index in [1.54, 1.807) is 0 Å². The largest absolute Gasteiger partial charge is 0.381 e. The number of rotatable bonds is 10. The zero-order chi connectivity index (χ0) is 28.6. The predicted octanol–water partition coefficient (Wildman–Crippen LogP) is 6.40. The molecule has 0 aliphatic carbocycles. The molecule has 2 aromatic heterocycles. The summed E-state index contributed by atoms with van der Waals surface area (Å²) in [5.41, 5.74) is 5.25. The first-order chi connectivity index (χ1) is 19.7. The van der Waals surface area contributed by atoms with Gasteiger partial charge in [0.15, 0.2) is 12.1 Å². The lowest BCUT2D eigenvalue weighted by Crippen LogP contribution is -2.22. The lowest BCUT2D eigenvalue weighted by Gasteiger charge is -2.23. The maximum atomic E-state index is 13.7. The third-order valence-corrected chi connectivity index (χ3v) is 9.43. The Kier molecular flexibility index (Phi) is 7.95. The van der Waals surface area contributed by atoms with Gasteiger partial charge in [-0.1, -0.05) is 19.6 Å². The van der Waals surface area contributed by atoms with E-state index >= 15 is 0 Å². The number of halogens is 2. The molecule has 2 N–H and O–H groups in total. The number of anilines is 1. The number of hydrogen-bond acceptors (Lipinski definition) is 6. The van der Waals surface area contributed by atoms with Crippen LogP contribution in [0.3, 0.4) is 0 Å². The second-order valence-corrected chi connectivity index (χ2v) is 17.8. The van der Waals surface area contributed by atoms with Gasteiger partial charge >= 0.3 is 0 Å². The third kappa shape index (κ3) is 6.23. The Morgan fingerprint density at radius 3 is 2.68 bits per heavy atom. The van der Waals surface area contributed by atoms with Crippen molar-refractivity contribution in [2.75, 3.05) is 18.5 Å². The molecular weight excluding hydrogens is 542 g/mol. The summed E-state index contributed by atoms with van der Waals surface area (Å²) in [6.07, 6.45) is 2.90. The van der Waals surface area contributed by atoms with Gasteiger partial charge in [0.2, 0.25) is 0 Å². The van der Waals surface area contributed by atoms with Crippen molar-refractivity contribution in [2.24, 2.45) is 0 Å². The maximum absolute atomic E-state index is 13.7. The summed E-state index contributed by atoms with van der Waals surface area (Å²) in [5, 5.41) is 12.8. The van der Waals surface area contributed by atoms with E-state index in [-0.39, 0.29) is 12.8 Å². The van der Waals surface area contributed by atoms with Crippen molar-refractivity contribution in [2.45, 2.75) is 77.5 Å². The minimum atomic E-state index is -1.22. The van der Waals surface area contributed by atoms with E-state index in [2.05, 4.69) is 34.8 Å². The molecule has 0 radical (unpaired) electrons. The normalized spacial score (nSPS) is 17.3. The molecule has 0 bridgehead atoms. The van der Waals surface area contributed by atoms with Gasteiger partial charge in [-0.15, -0.1) is 0 Å². The summed E-state index contributed by atoms with van der Waals surface area (Å²) < 4.78 is 44.0. The fraction of sp³-hybridized carbons (Fsp3) is 0.467. The van der Waals surface area contributed by atoms with Crippen molar-refractivity contribution in [3.63, 3.8) is 0 Å². The molecule has 2 aromatic carbocycles. The van der Waals surface area contributed by atoms with E-state index in [9.17, 15) is 8.78 Å². The molecule has 0 spiro atoms. The van der Waals surface area contributed by atoms with E-state index in [0.29, 0.717) is 25.4 Å². The molecule has 0 saturated carbocycles. The van der Waals surface area contributed by atoms with Gasteiger partial charge in [0.1, 0.15) is 24.1 Å². The van der Waals surface area contributed by atoms with Gasteiger partial charge in [-0.05, 0) is 61.2 Å². The summed E-state index contributed by atoms with van der Waals surface area (Å²) >= 11 is 0. The number of ether oxygens (including phenoxy) is 2. The number of benzene rings is 2. The lowest BCUT2D eigenvalue weighted by molar-refractivity contribution is -0.0365. The monoisotopic (exact) mass is 580 g/mol. The Labute approximate surface area is 240 Å². The van der Waals surface area contributed by atoms with Gasteiger partial charge in [-0.25, -0.2) is 18.4 Å². The van der Waals surface area contributed by atoms with Gasteiger partial charge in [-0.3, -0.25) is 0 Å². The molecule has 1 unspecified atom stereocenters. The number of nitrogens with zero attached hydrogens (tertiary/aromatic N) is 4. The molecule has 6 rings (SSSR count). The molecule has 4 aromatic rings. The summed E-state index contributed by atoms with van der Waals surface area (Å²) in [6, 6.07) is 10.7. The highest BCUT2D eigenvalue weighted by atomic mass is 28.3. The van der Waals surface area contributed by atoms with Crippen LogP contribution in [0, 0.1) is 11.6 Å². The summed E-state index contributed by atoms with van der Waals surface area (Å²) in [4.78, 5) is 5.05. The molecule has 4 heterocycles. The Bertz CT molecular complexity index is 1520. The van der Waals surface area contributed by atoms with Gasteiger partial charge in [0.25, 0.3) is 0 Å². The molecule has 11 heteroatoms. The quantitative estimate of drug-likeness (QED) is 0.167. The van der Waals surface area contributed by atoms with Crippen LogP contribution in [0.2, 0.25) is 25.7 Å². The number of fused-ring (bicyclic) bond motifs is 2. The van der Waals surface area contributed by atoms with E-state index < -0.39 is 19.7 Å². The van der Waals surface area contributed by atoms with E-state index in [4.69, 9.17) is 19.6 Å². The predicted molar refractivity (Wildman–Crippen MR) is 158 cm³/mol. The smallest absolute Gasteiger partial charge is 0.163 e. The van der Waals surface area contributed by atoms with E-state index in [1.165, 1.54) is 12.1 Å². The van der Waals surface area contributed by atoms with Crippen LogP contribution in [-0.2, 0) is 35.8 Å². The Hall–Kier alpha value is -3.12. The fourth-order valence-corrected chi connectivity index (χ4v) is 6.25. The molecule has 218 valence electrons. The highest BCUT2D eigenvalue weighted by Gasteiger charge is 2.28. The zero-order valence-corrected chi connectivity index (χ0v) is 25.0. The third-order valence-electron chi connectivity index (χ3n) is 7.72. The molecule has 41 heavy (non-hydrogen) atoms. The lowest BCUT2D eigenvalue weighted by atomic mass is 10.1. The first-order valence-electron chi connectivity index (χ1n) is 14.4. The van der Waals surface area contributed by atoms with Crippen LogP contribution in [0.4, 0.5) is 14.5 Å². The fourth-order valence-electron chi connectivity index (χ4n) is 5.50. The summed E-state index contributed by atoms with van der Waals surface area (Å²) in [7, 11) is -1.22. The summed E-state index contributed by atoms with van der Waals surface area (Å²) in [5.74, 6) is -0.391. The molecule has 1 atom stereocenters.